The van der Waals surface area contributed by atoms with Gasteiger partial charge in [0.2, 0.25) is 4.96 Å². The van der Waals surface area contributed by atoms with Gasteiger partial charge in [0.25, 0.3) is 0 Å². The van der Waals surface area contributed by atoms with Crippen molar-refractivity contribution in [1.29, 1.82) is 0 Å². The number of imidazole rings is 1. The molecule has 2 heterocycles. The highest BCUT2D eigenvalue weighted by Crippen LogP contribution is 2.24. The van der Waals surface area contributed by atoms with E-state index >= 15 is 0 Å². The summed E-state index contributed by atoms with van der Waals surface area (Å²) in [5.74, 6) is -0.603. The van der Waals surface area contributed by atoms with Crippen LogP contribution >= 0.6 is 11.3 Å². The van der Waals surface area contributed by atoms with E-state index in [4.69, 9.17) is 0 Å². The van der Waals surface area contributed by atoms with Gasteiger partial charge in [0, 0.05) is 6.54 Å². The number of nitrogens with one attached hydrogen (secondary N) is 1. The third-order valence-electron chi connectivity index (χ3n) is 4.07. The smallest absolute Gasteiger partial charge is 0.321 e. The molecular weight excluding hydrogens is 336 g/mol. The Labute approximate surface area is 150 Å². The van der Waals surface area contributed by atoms with Gasteiger partial charge in [0.1, 0.15) is 11.0 Å². The van der Waals surface area contributed by atoms with Gasteiger partial charge in [0.05, 0.1) is 11.4 Å². The molecule has 0 spiro atoms. The number of aliphatic carboxylic acids is 1. The van der Waals surface area contributed by atoms with Crippen LogP contribution in [-0.2, 0) is 17.8 Å². The summed E-state index contributed by atoms with van der Waals surface area (Å²) in [6, 6.07) is 8.99. The largest absolute Gasteiger partial charge is 0.480 e. The molecule has 6 nitrogen and oxygen atoms in total. The van der Waals surface area contributed by atoms with E-state index in [0.717, 1.165) is 26.9 Å². The summed E-state index contributed by atoms with van der Waals surface area (Å²) in [5, 5.41) is 18.2. The zero-order valence-corrected chi connectivity index (χ0v) is 15.4. The number of aryl methyl sites for hydroxylation is 1. The van der Waals surface area contributed by atoms with Crippen LogP contribution in [0.5, 0.6) is 0 Å². The first-order valence-electron chi connectivity index (χ1n) is 8.30. The van der Waals surface area contributed by atoms with E-state index in [1.54, 1.807) is 11.3 Å². The predicted molar refractivity (Wildman–Crippen MR) is 98.1 cm³/mol. The summed E-state index contributed by atoms with van der Waals surface area (Å²) in [7, 11) is 0. The third kappa shape index (κ3) is 3.88. The van der Waals surface area contributed by atoms with Gasteiger partial charge in [-0.3, -0.25) is 10.1 Å². The minimum absolute atomic E-state index is 0.253. The van der Waals surface area contributed by atoms with Crippen molar-refractivity contribution >= 4 is 22.3 Å². The lowest BCUT2D eigenvalue weighted by Gasteiger charge is -2.15. The average Bonchev–Trinajstić information content (AvgIpc) is 3.08. The molecule has 2 aromatic heterocycles. The highest BCUT2D eigenvalue weighted by Gasteiger charge is 2.22. The number of benzene rings is 1. The molecule has 0 aliphatic carbocycles. The minimum atomic E-state index is -0.856. The van der Waals surface area contributed by atoms with Crippen molar-refractivity contribution in [3.63, 3.8) is 0 Å². The molecule has 3 aromatic rings. The molecule has 2 N–H and O–H groups in total. The molecule has 7 heteroatoms. The van der Waals surface area contributed by atoms with Gasteiger partial charge in [-0.15, -0.1) is 0 Å². The Balaban J connectivity index is 1.81. The van der Waals surface area contributed by atoms with Crippen LogP contribution < -0.4 is 5.32 Å². The molecular formula is C18H22N4O2S. The number of rotatable bonds is 7. The SMILES string of the molecule is Cc1nn2c(CN[C@H](Cc3ccccc3)C(=O)O)c(C(C)C)nc2s1. The van der Waals surface area contributed by atoms with E-state index in [9.17, 15) is 9.90 Å². The zero-order valence-electron chi connectivity index (χ0n) is 14.6. The maximum absolute atomic E-state index is 11.7. The van der Waals surface area contributed by atoms with Gasteiger partial charge in [-0.25, -0.2) is 9.50 Å². The lowest BCUT2D eigenvalue weighted by molar-refractivity contribution is -0.139. The van der Waals surface area contributed by atoms with E-state index < -0.39 is 12.0 Å². The van der Waals surface area contributed by atoms with Gasteiger partial charge in [-0.05, 0) is 24.8 Å². The number of carboxylic acid groups (broad SMARTS) is 1. The summed E-state index contributed by atoms with van der Waals surface area (Å²) in [5.41, 5.74) is 2.90. The molecule has 0 saturated heterocycles. The molecule has 0 saturated carbocycles. The maximum atomic E-state index is 11.7. The van der Waals surface area contributed by atoms with Gasteiger partial charge in [0.15, 0.2) is 0 Å². The van der Waals surface area contributed by atoms with E-state index in [1.165, 1.54) is 0 Å². The molecule has 0 bridgehead atoms. The average molecular weight is 358 g/mol. The zero-order chi connectivity index (χ0) is 18.0. The molecule has 25 heavy (non-hydrogen) atoms. The van der Waals surface area contributed by atoms with Crippen molar-refractivity contribution in [2.45, 2.75) is 45.7 Å². The summed E-state index contributed by atoms with van der Waals surface area (Å²) >= 11 is 1.54. The van der Waals surface area contributed by atoms with Crippen molar-refractivity contribution in [3.8, 4) is 0 Å². The quantitative estimate of drug-likeness (QED) is 0.679. The molecule has 132 valence electrons. The van der Waals surface area contributed by atoms with Crippen molar-refractivity contribution in [2.75, 3.05) is 0 Å². The summed E-state index contributed by atoms with van der Waals surface area (Å²) in [6.45, 7) is 6.53. The van der Waals surface area contributed by atoms with Crippen LogP contribution in [0.4, 0.5) is 0 Å². The standard InChI is InChI=1S/C18H22N4O2S/c1-11(2)16-15(22-18(20-16)25-12(3)21-22)10-19-14(17(23)24)9-13-7-5-4-6-8-13/h4-8,11,14,19H,9-10H2,1-3H3,(H,23,24)/t14-/m1/s1. The van der Waals surface area contributed by atoms with E-state index in [0.29, 0.717) is 13.0 Å². The highest BCUT2D eigenvalue weighted by molar-refractivity contribution is 7.16. The minimum Gasteiger partial charge on any atom is -0.480 e. The molecule has 3 rings (SSSR count). The maximum Gasteiger partial charge on any atom is 0.321 e. The second kappa shape index (κ2) is 7.33. The Morgan fingerprint density at radius 3 is 2.68 bits per heavy atom. The molecule has 0 aliphatic rings. The molecule has 0 fully saturated rings. The van der Waals surface area contributed by atoms with Crippen LogP contribution in [0.1, 0.15) is 41.7 Å². The van der Waals surface area contributed by atoms with Crippen LogP contribution in [0.3, 0.4) is 0 Å². The fourth-order valence-corrected chi connectivity index (χ4v) is 3.61. The Morgan fingerprint density at radius 1 is 1.32 bits per heavy atom. The number of nitrogens with zero attached hydrogens (tertiary/aromatic N) is 3. The molecule has 1 aromatic carbocycles. The van der Waals surface area contributed by atoms with Crippen molar-refractivity contribution in [1.82, 2.24) is 19.9 Å². The summed E-state index contributed by atoms with van der Waals surface area (Å²) < 4.78 is 1.84. The number of carbonyl (C=O) groups is 1. The van der Waals surface area contributed by atoms with Crippen LogP contribution in [0, 0.1) is 6.92 Å². The van der Waals surface area contributed by atoms with Crippen LogP contribution in [0.15, 0.2) is 30.3 Å². The molecule has 0 amide bonds. The first-order chi connectivity index (χ1) is 12.0. The van der Waals surface area contributed by atoms with Gasteiger partial charge in [-0.1, -0.05) is 55.5 Å². The fraction of sp³-hybridized carbons (Fsp3) is 0.389. The number of carboxylic acids is 1. The van der Waals surface area contributed by atoms with Crippen LogP contribution in [0.25, 0.3) is 4.96 Å². The predicted octanol–water partition coefficient (Wildman–Crippen LogP) is 3.01. The second-order valence-corrected chi connectivity index (χ2v) is 7.54. The molecule has 1 atom stereocenters. The second-order valence-electron chi connectivity index (χ2n) is 6.38. The monoisotopic (exact) mass is 358 g/mol. The van der Waals surface area contributed by atoms with Crippen LogP contribution in [0.2, 0.25) is 0 Å². The van der Waals surface area contributed by atoms with Crippen molar-refractivity contribution in [2.24, 2.45) is 0 Å². The normalized spacial score (nSPS) is 12.8. The topological polar surface area (TPSA) is 79.5 Å². The van der Waals surface area contributed by atoms with Crippen molar-refractivity contribution < 1.29 is 9.90 Å². The summed E-state index contributed by atoms with van der Waals surface area (Å²) in [4.78, 5) is 17.2. The molecule has 0 radical (unpaired) electrons. The first-order valence-corrected chi connectivity index (χ1v) is 9.12. The van der Waals surface area contributed by atoms with E-state index in [2.05, 4.69) is 29.2 Å². The number of hydrogen-bond donors (Lipinski definition) is 2. The lowest BCUT2D eigenvalue weighted by atomic mass is 10.1. The highest BCUT2D eigenvalue weighted by atomic mass is 32.1. The van der Waals surface area contributed by atoms with Gasteiger partial charge in [-0.2, -0.15) is 5.10 Å². The van der Waals surface area contributed by atoms with Gasteiger partial charge >= 0.3 is 5.97 Å². The molecule has 0 unspecified atom stereocenters. The Hall–Kier alpha value is -2.25. The Kier molecular flexibility index (Phi) is 5.15. The number of hydrogen-bond acceptors (Lipinski definition) is 5. The lowest BCUT2D eigenvalue weighted by Crippen LogP contribution is -2.38. The summed E-state index contributed by atoms with van der Waals surface area (Å²) in [6.07, 6.45) is 0.436. The number of fused-ring (bicyclic) bond motifs is 1. The third-order valence-corrected chi connectivity index (χ3v) is 4.90. The Morgan fingerprint density at radius 2 is 2.04 bits per heavy atom. The molecule has 0 aliphatic heterocycles. The van der Waals surface area contributed by atoms with E-state index in [1.807, 2.05) is 41.8 Å². The first kappa shape index (κ1) is 17.6. The number of aromatic nitrogens is 3. The van der Waals surface area contributed by atoms with Gasteiger partial charge < -0.3 is 5.11 Å². The van der Waals surface area contributed by atoms with Crippen LogP contribution in [-0.4, -0.2) is 31.7 Å². The van der Waals surface area contributed by atoms with Crippen molar-refractivity contribution in [3.05, 3.63) is 52.3 Å². The van der Waals surface area contributed by atoms with E-state index in [-0.39, 0.29) is 5.92 Å². The Bertz CT molecular complexity index is 870. The fourth-order valence-electron chi connectivity index (χ4n) is 2.85.